The minimum absolute atomic E-state index is 0.231. The van der Waals surface area contributed by atoms with Gasteiger partial charge in [-0.1, -0.05) is 12.1 Å². The number of halogens is 1. The minimum Gasteiger partial charge on any atom is -0.289 e. The van der Waals surface area contributed by atoms with Gasteiger partial charge in [-0.15, -0.1) is 0 Å². The smallest absolute Gasteiger partial charge is 0.193 e. The van der Waals surface area contributed by atoms with Gasteiger partial charge in [-0.25, -0.2) is 4.39 Å². The molecule has 1 rings (SSSR count). The molecular weight excluding hydrogens is 215 g/mol. The van der Waals surface area contributed by atoms with Crippen LogP contribution in [0.3, 0.4) is 0 Å². The molecule has 0 aromatic heterocycles. The third-order valence-corrected chi connectivity index (χ3v) is 2.63. The van der Waals surface area contributed by atoms with Crippen LogP contribution in [0.15, 0.2) is 18.2 Å². The van der Waals surface area contributed by atoms with Crippen LogP contribution in [0.4, 0.5) is 4.39 Å². The molecule has 0 saturated carbocycles. The molecule has 1 aromatic rings. The quantitative estimate of drug-likeness (QED) is 0.570. The Balaban J connectivity index is 3.14. The fraction of sp³-hybridized carbons (Fsp3) is 0.273. The van der Waals surface area contributed by atoms with Crippen molar-refractivity contribution in [3.05, 3.63) is 35.1 Å². The zero-order valence-corrected chi connectivity index (χ0v) is 9.73. The van der Waals surface area contributed by atoms with Gasteiger partial charge in [0.05, 0.1) is 0 Å². The Hall–Kier alpha value is -1.16. The topological polar surface area (TPSA) is 34.1 Å². The lowest BCUT2D eigenvalue weighted by Crippen LogP contribution is -2.09. The molecule has 0 amide bonds. The van der Waals surface area contributed by atoms with Crippen molar-refractivity contribution in [1.82, 2.24) is 0 Å². The Kier molecular flexibility index (Phi) is 3.29. The first-order chi connectivity index (χ1) is 6.79. The van der Waals surface area contributed by atoms with Crippen LogP contribution in [0.2, 0.25) is 0 Å². The minimum atomic E-state index is -2.24. The average molecular weight is 228 g/mol. The molecule has 82 valence electrons. The normalized spacial score (nSPS) is 11.2. The highest BCUT2D eigenvalue weighted by atomic mass is 32.2. The molecule has 0 atom stereocenters. The van der Waals surface area contributed by atoms with E-state index in [0.717, 1.165) is 5.37 Å². The lowest BCUT2D eigenvalue weighted by molar-refractivity contribution is 0.107. The summed E-state index contributed by atoms with van der Waals surface area (Å²) < 4.78 is 24.5. The molecule has 2 nitrogen and oxygen atoms in total. The largest absolute Gasteiger partial charge is 0.289 e. The second-order valence-electron chi connectivity index (χ2n) is 3.76. The summed E-state index contributed by atoms with van der Waals surface area (Å²) in [5.41, 5.74) is 0.717. The molecule has 0 spiro atoms. The average Bonchev–Trinajstić information content (AvgIpc) is 2.06. The van der Waals surface area contributed by atoms with Crippen molar-refractivity contribution < 1.29 is 13.4 Å². The number of aryl methyl sites for hydroxylation is 1. The lowest BCUT2D eigenvalue weighted by atomic mass is 10.1. The molecule has 0 saturated heterocycles. The molecule has 1 aromatic carbocycles. The summed E-state index contributed by atoms with van der Waals surface area (Å²) in [7, 11) is -2.24. The summed E-state index contributed by atoms with van der Waals surface area (Å²) in [6.07, 6.45) is 2.94. The summed E-state index contributed by atoms with van der Waals surface area (Å²) in [6, 6.07) is 4.23. The maximum Gasteiger partial charge on any atom is 0.193 e. The van der Waals surface area contributed by atoms with Gasteiger partial charge in [-0.05, 0) is 28.1 Å². The second-order valence-corrected chi connectivity index (χ2v) is 6.61. The van der Waals surface area contributed by atoms with Crippen LogP contribution in [0.1, 0.15) is 15.9 Å². The number of hydrogen-bond donors (Lipinski definition) is 0. The molecule has 15 heavy (non-hydrogen) atoms. The van der Waals surface area contributed by atoms with E-state index in [1.165, 1.54) is 30.7 Å². The van der Waals surface area contributed by atoms with Crippen LogP contribution in [0.25, 0.3) is 0 Å². The number of carbonyl (C=O) groups is 1. The van der Waals surface area contributed by atoms with E-state index in [9.17, 15) is 13.4 Å². The molecule has 0 aliphatic heterocycles. The fourth-order valence-electron chi connectivity index (χ4n) is 1.07. The Bertz CT molecular complexity index is 503. The molecule has 0 aliphatic rings. The maximum absolute atomic E-state index is 13.1. The Morgan fingerprint density at radius 3 is 2.47 bits per heavy atom. The Morgan fingerprint density at radius 2 is 2.00 bits per heavy atom. The van der Waals surface area contributed by atoms with E-state index in [2.05, 4.69) is 0 Å². The van der Waals surface area contributed by atoms with Gasteiger partial charge in [-0.2, -0.15) is 0 Å². The van der Waals surface area contributed by atoms with Gasteiger partial charge >= 0.3 is 0 Å². The summed E-state index contributed by atoms with van der Waals surface area (Å²) in [5.74, 6) is -0.822. The van der Waals surface area contributed by atoms with E-state index in [-0.39, 0.29) is 5.56 Å². The third kappa shape index (κ3) is 3.47. The third-order valence-electron chi connectivity index (χ3n) is 1.85. The first-order valence-corrected chi connectivity index (χ1v) is 6.83. The van der Waals surface area contributed by atoms with Gasteiger partial charge in [-0.3, -0.25) is 9.00 Å². The van der Waals surface area contributed by atoms with E-state index < -0.39 is 21.1 Å². The number of ketones is 1. The number of hydrogen-bond acceptors (Lipinski definition) is 2. The van der Waals surface area contributed by atoms with Crippen LogP contribution in [0.5, 0.6) is 0 Å². The number of benzene rings is 1. The van der Waals surface area contributed by atoms with Crippen molar-refractivity contribution in [2.24, 2.45) is 0 Å². The van der Waals surface area contributed by atoms with Gasteiger partial charge in [0.2, 0.25) is 0 Å². The highest BCUT2D eigenvalue weighted by molar-refractivity contribution is 8.01. The lowest BCUT2D eigenvalue weighted by Gasteiger charge is -2.00. The van der Waals surface area contributed by atoms with Gasteiger partial charge < -0.3 is 0 Å². The highest BCUT2D eigenvalue weighted by Gasteiger charge is 2.06. The molecule has 0 fully saturated rings. The maximum atomic E-state index is 13.1. The van der Waals surface area contributed by atoms with Crippen molar-refractivity contribution in [3.8, 4) is 0 Å². The second kappa shape index (κ2) is 4.14. The molecule has 0 N–H and O–H groups in total. The van der Waals surface area contributed by atoms with Gasteiger partial charge in [0.25, 0.3) is 0 Å². The van der Waals surface area contributed by atoms with E-state index in [1.54, 1.807) is 6.92 Å². The zero-order chi connectivity index (χ0) is 11.6. The first kappa shape index (κ1) is 11.9. The van der Waals surface area contributed by atoms with Crippen LogP contribution in [0, 0.1) is 12.7 Å². The summed E-state index contributed by atoms with van der Waals surface area (Å²) in [6.45, 7) is 1.62. The molecule has 0 aliphatic carbocycles. The van der Waals surface area contributed by atoms with Gasteiger partial charge in [0.1, 0.15) is 5.82 Å². The van der Waals surface area contributed by atoms with Crippen molar-refractivity contribution in [3.63, 3.8) is 0 Å². The summed E-state index contributed by atoms with van der Waals surface area (Å²) in [5, 5.41) is 1.14. The number of rotatable bonds is 2. The van der Waals surface area contributed by atoms with Crippen molar-refractivity contribution in [2.75, 3.05) is 12.5 Å². The van der Waals surface area contributed by atoms with Crippen LogP contribution in [-0.4, -0.2) is 27.9 Å². The molecule has 0 heterocycles. The first-order valence-electron chi connectivity index (χ1n) is 4.39. The summed E-state index contributed by atoms with van der Waals surface area (Å²) >= 11 is 0. The predicted molar refractivity (Wildman–Crippen MR) is 61.5 cm³/mol. The number of carbonyl (C=O) groups excluding carboxylic acids is 1. The Morgan fingerprint density at radius 1 is 1.40 bits per heavy atom. The Labute approximate surface area is 89.1 Å². The van der Waals surface area contributed by atoms with Gasteiger partial charge in [0.15, 0.2) is 5.78 Å². The predicted octanol–water partition coefficient (Wildman–Crippen LogP) is 1.66. The van der Waals surface area contributed by atoms with Crippen molar-refractivity contribution >= 4 is 20.7 Å². The fourth-order valence-corrected chi connectivity index (χ4v) is 1.72. The van der Waals surface area contributed by atoms with E-state index in [1.807, 2.05) is 0 Å². The van der Waals surface area contributed by atoms with Gasteiger partial charge in [0, 0.05) is 23.4 Å². The monoisotopic (exact) mass is 228 g/mol. The van der Waals surface area contributed by atoms with E-state index in [4.69, 9.17) is 0 Å². The zero-order valence-electron chi connectivity index (χ0n) is 8.91. The highest BCUT2D eigenvalue weighted by Crippen LogP contribution is 2.09. The summed E-state index contributed by atoms with van der Waals surface area (Å²) in [4.78, 5) is 11.5. The van der Waals surface area contributed by atoms with Crippen molar-refractivity contribution in [1.29, 1.82) is 0 Å². The molecule has 0 unspecified atom stereocenters. The standard InChI is InChI=1S/C11H13FO2S/c1-8-4-5-9(6-10(8)12)11(13)7-15(2,3)14/h4-7H,1-3H3. The van der Waals surface area contributed by atoms with Crippen LogP contribution < -0.4 is 0 Å². The van der Waals surface area contributed by atoms with Crippen LogP contribution >= 0.6 is 0 Å². The van der Waals surface area contributed by atoms with Crippen LogP contribution in [-0.2, 0) is 9.52 Å². The molecule has 0 bridgehead atoms. The molecular formula is C11H13FO2S. The van der Waals surface area contributed by atoms with Crippen molar-refractivity contribution in [2.45, 2.75) is 6.92 Å². The van der Waals surface area contributed by atoms with E-state index in [0.29, 0.717) is 5.56 Å². The molecule has 4 heteroatoms. The SMILES string of the molecule is Cc1ccc(C(=O)C=S(C)(C)=O)cc1F. The number of Topliss-reactive ketones (excluding diaryl/α,β-unsaturated/α-hetero) is 1. The van der Waals surface area contributed by atoms with E-state index >= 15 is 0 Å². The molecule has 0 radical (unpaired) electrons.